The number of rotatable bonds is 2. The minimum Gasteiger partial charge on any atom is -0.832 e. The minimum absolute atomic E-state index is 0. The van der Waals surface area contributed by atoms with Gasteiger partial charge in [-0.05, 0) is 0 Å². The average Bonchev–Trinajstić information content (AvgIpc) is 1.35. The first kappa shape index (κ1) is 11.3. The first-order chi connectivity index (χ1) is 2.77. The van der Waals surface area contributed by atoms with Crippen LogP contribution >= 0.6 is 11.5 Å². The van der Waals surface area contributed by atoms with E-state index in [4.69, 9.17) is 11.5 Å². The second-order valence-electron chi connectivity index (χ2n) is 0.577. The molecule has 0 aromatic carbocycles. The molecular formula is C2H3BClKO2. The van der Waals surface area contributed by atoms with Gasteiger partial charge in [0.05, 0.1) is 6.26 Å². The molecule has 0 atom stereocenters. The summed E-state index contributed by atoms with van der Waals surface area (Å²) in [6, 6.07) is 0. The monoisotopic (exact) mass is 144 g/mol. The Bertz CT molecular complexity index is 51.0. The van der Waals surface area contributed by atoms with Gasteiger partial charge < -0.3 is 9.68 Å². The SMILES string of the molecule is C=COB([O-])Cl.[K+]. The first-order valence-corrected chi connectivity index (χ1v) is 1.77. The predicted molar refractivity (Wildman–Crippen MR) is 22.9 cm³/mol. The van der Waals surface area contributed by atoms with E-state index < -0.39 is 6.53 Å². The van der Waals surface area contributed by atoms with E-state index in [1.807, 2.05) is 0 Å². The smallest absolute Gasteiger partial charge is 0.832 e. The van der Waals surface area contributed by atoms with Crippen LogP contribution in [0.3, 0.4) is 0 Å². The fourth-order valence-electron chi connectivity index (χ4n) is 0.0757. The zero-order chi connectivity index (χ0) is 4.99. The Morgan fingerprint density at radius 3 is 2.29 bits per heavy atom. The molecule has 0 aliphatic heterocycles. The number of hydrogen-bond donors (Lipinski definition) is 0. The molecule has 34 valence electrons. The van der Waals surface area contributed by atoms with Gasteiger partial charge in [-0.2, -0.15) is 11.5 Å². The summed E-state index contributed by atoms with van der Waals surface area (Å²) >= 11 is 4.73. The second-order valence-corrected chi connectivity index (χ2v) is 0.933. The summed E-state index contributed by atoms with van der Waals surface area (Å²) in [5, 5.41) is 9.60. The molecule has 0 bridgehead atoms. The van der Waals surface area contributed by atoms with Crippen molar-refractivity contribution in [2.24, 2.45) is 0 Å². The third-order valence-corrected chi connectivity index (χ3v) is 0.306. The summed E-state index contributed by atoms with van der Waals surface area (Å²) in [5.74, 6) is 0. The van der Waals surface area contributed by atoms with Crippen LogP contribution in [-0.4, -0.2) is 6.53 Å². The van der Waals surface area contributed by atoms with Crippen molar-refractivity contribution in [3.8, 4) is 0 Å². The van der Waals surface area contributed by atoms with Gasteiger partial charge >= 0.3 is 57.9 Å². The zero-order valence-electron chi connectivity index (χ0n) is 4.06. The van der Waals surface area contributed by atoms with Gasteiger partial charge in [0.1, 0.15) is 0 Å². The van der Waals surface area contributed by atoms with Gasteiger partial charge in [-0.15, -0.1) is 0 Å². The molecule has 0 aliphatic rings. The Hall–Kier alpha value is 1.49. The van der Waals surface area contributed by atoms with Crippen LogP contribution < -0.4 is 56.4 Å². The Morgan fingerprint density at radius 1 is 1.86 bits per heavy atom. The first-order valence-electron chi connectivity index (χ1n) is 1.33. The van der Waals surface area contributed by atoms with Crippen molar-refractivity contribution < 1.29 is 61.1 Å². The van der Waals surface area contributed by atoms with Gasteiger partial charge in [-0.3, -0.25) is 0 Å². The van der Waals surface area contributed by atoms with Crippen LogP contribution in [0.25, 0.3) is 0 Å². The molecule has 0 heterocycles. The largest absolute Gasteiger partial charge is 1.00 e. The minimum atomic E-state index is -1.50. The topological polar surface area (TPSA) is 32.3 Å². The van der Waals surface area contributed by atoms with Crippen LogP contribution in [-0.2, 0) is 4.65 Å². The molecule has 0 saturated carbocycles. The van der Waals surface area contributed by atoms with Crippen molar-refractivity contribution in [1.82, 2.24) is 0 Å². The molecule has 0 N–H and O–H groups in total. The van der Waals surface area contributed by atoms with Crippen LogP contribution in [0.2, 0.25) is 0 Å². The molecule has 0 aromatic heterocycles. The summed E-state index contributed by atoms with van der Waals surface area (Å²) in [4.78, 5) is 0. The Kier molecular flexibility index (Phi) is 12.1. The summed E-state index contributed by atoms with van der Waals surface area (Å²) < 4.78 is 4.02. The van der Waals surface area contributed by atoms with Gasteiger partial charge in [-0.1, -0.05) is 6.58 Å². The maximum absolute atomic E-state index is 9.60. The molecule has 0 aliphatic carbocycles. The molecular weight excluding hydrogens is 141 g/mol. The number of halogens is 1. The molecule has 0 unspecified atom stereocenters. The average molecular weight is 144 g/mol. The van der Waals surface area contributed by atoms with E-state index in [0.717, 1.165) is 6.26 Å². The fraction of sp³-hybridized carbons (Fsp3) is 0. The van der Waals surface area contributed by atoms with Gasteiger partial charge in [0, 0.05) is 0 Å². The van der Waals surface area contributed by atoms with Gasteiger partial charge in [0.25, 0.3) is 0 Å². The van der Waals surface area contributed by atoms with E-state index in [-0.39, 0.29) is 51.4 Å². The molecule has 0 fully saturated rings. The van der Waals surface area contributed by atoms with Crippen molar-refractivity contribution in [3.05, 3.63) is 12.8 Å². The van der Waals surface area contributed by atoms with Gasteiger partial charge in [0.15, 0.2) is 0 Å². The zero-order valence-corrected chi connectivity index (χ0v) is 7.94. The normalized spacial score (nSPS) is 6.00. The van der Waals surface area contributed by atoms with Crippen LogP contribution in [0.5, 0.6) is 0 Å². The molecule has 2 nitrogen and oxygen atoms in total. The van der Waals surface area contributed by atoms with Crippen LogP contribution in [0.4, 0.5) is 0 Å². The molecule has 0 aromatic rings. The molecule has 7 heavy (non-hydrogen) atoms. The molecule has 0 radical (unpaired) electrons. The van der Waals surface area contributed by atoms with Gasteiger partial charge in [-0.25, -0.2) is 0 Å². The Morgan fingerprint density at radius 2 is 2.29 bits per heavy atom. The standard InChI is InChI=1S/C2H3BClO2.K/c1-2-6-3(4)5;/h2H,1H2;/q-1;+1. The molecule has 0 saturated heterocycles. The molecule has 0 rings (SSSR count). The van der Waals surface area contributed by atoms with E-state index in [0.29, 0.717) is 0 Å². The third-order valence-electron chi connectivity index (χ3n) is 0.203. The van der Waals surface area contributed by atoms with Crippen molar-refractivity contribution >= 4 is 18.0 Å². The Labute approximate surface area is 90.4 Å². The fourth-order valence-corrected chi connectivity index (χ4v) is 0.148. The summed E-state index contributed by atoms with van der Waals surface area (Å²) in [6.07, 6.45) is 1.00. The quantitative estimate of drug-likeness (QED) is 0.301. The summed E-state index contributed by atoms with van der Waals surface area (Å²) in [6.45, 7) is 1.60. The number of hydrogen-bond acceptors (Lipinski definition) is 2. The second kappa shape index (κ2) is 7.49. The van der Waals surface area contributed by atoms with E-state index in [1.54, 1.807) is 0 Å². The summed E-state index contributed by atoms with van der Waals surface area (Å²) in [7, 11) is 0. The predicted octanol–water partition coefficient (Wildman–Crippen LogP) is -3.27. The van der Waals surface area contributed by atoms with E-state index in [1.165, 1.54) is 0 Å². The molecule has 0 amide bonds. The van der Waals surface area contributed by atoms with Crippen LogP contribution in [0.15, 0.2) is 12.8 Å². The van der Waals surface area contributed by atoms with Crippen molar-refractivity contribution in [3.63, 3.8) is 0 Å². The maximum atomic E-state index is 9.60. The van der Waals surface area contributed by atoms with Crippen LogP contribution in [0, 0.1) is 0 Å². The van der Waals surface area contributed by atoms with E-state index >= 15 is 0 Å². The van der Waals surface area contributed by atoms with E-state index in [2.05, 4.69) is 11.2 Å². The van der Waals surface area contributed by atoms with Crippen molar-refractivity contribution in [2.75, 3.05) is 0 Å². The molecule has 5 heteroatoms. The Balaban J connectivity index is 0. The van der Waals surface area contributed by atoms with Crippen molar-refractivity contribution in [1.29, 1.82) is 0 Å². The maximum Gasteiger partial charge on any atom is 1.00 e. The summed E-state index contributed by atoms with van der Waals surface area (Å²) in [5.41, 5.74) is 0. The molecule has 0 spiro atoms. The van der Waals surface area contributed by atoms with Crippen molar-refractivity contribution in [2.45, 2.75) is 0 Å². The third kappa shape index (κ3) is 11.2. The van der Waals surface area contributed by atoms with Crippen LogP contribution in [0.1, 0.15) is 0 Å². The van der Waals surface area contributed by atoms with Gasteiger partial charge in [0.2, 0.25) is 0 Å². The van der Waals surface area contributed by atoms with E-state index in [9.17, 15) is 5.02 Å².